The fraction of sp³-hybridized carbons (Fsp3) is 0.355. The van der Waals surface area contributed by atoms with Crippen LogP contribution in [-0.4, -0.2) is 41.1 Å². The van der Waals surface area contributed by atoms with Crippen molar-refractivity contribution in [3.8, 4) is 11.3 Å². The van der Waals surface area contributed by atoms with Crippen molar-refractivity contribution in [1.82, 2.24) is 4.90 Å². The van der Waals surface area contributed by atoms with Crippen LogP contribution in [0.2, 0.25) is 0 Å². The van der Waals surface area contributed by atoms with Gasteiger partial charge in [-0.1, -0.05) is 44.0 Å². The SMILES string of the molecule is C=C(/C(=C\Nc1ccc(-c2cc3ccccc3o2)cc1)C(=O)O)N(C(=O)C1CCCCC1)C1CCOCC1. The average Bonchev–Trinajstić information content (AvgIpc) is 3.39. The standard InChI is InChI=1S/C31H34N2O5/c1-21(33(26-15-17-37-18-16-26)30(34)23-7-3-2-4-8-23)27(31(35)36)20-32-25-13-11-22(12-14-25)29-19-24-9-5-6-10-28(24)38-29/h5-6,9-14,19-20,23,26,32H,1-4,7-8,15-18H2,(H,35,36)/b27-20+. The number of carbonyl (C=O) groups is 2. The molecule has 38 heavy (non-hydrogen) atoms. The molecule has 7 heteroatoms. The van der Waals surface area contributed by atoms with E-state index in [1.54, 1.807) is 4.90 Å². The third kappa shape index (κ3) is 5.68. The normalized spacial score (nSPS) is 17.3. The molecule has 1 amide bonds. The fourth-order valence-electron chi connectivity index (χ4n) is 5.43. The maximum atomic E-state index is 13.7. The van der Waals surface area contributed by atoms with Crippen molar-refractivity contribution in [3.63, 3.8) is 0 Å². The van der Waals surface area contributed by atoms with Crippen LogP contribution in [0.4, 0.5) is 5.69 Å². The number of hydrogen-bond acceptors (Lipinski definition) is 5. The van der Waals surface area contributed by atoms with E-state index in [0.29, 0.717) is 31.7 Å². The van der Waals surface area contributed by atoms with Gasteiger partial charge in [0.1, 0.15) is 11.3 Å². The van der Waals surface area contributed by atoms with Crippen molar-refractivity contribution in [2.75, 3.05) is 18.5 Å². The number of rotatable bonds is 8. The number of carboxylic acids is 1. The molecule has 0 bridgehead atoms. The molecule has 0 radical (unpaired) electrons. The Bertz CT molecular complexity index is 1290. The molecule has 0 spiro atoms. The number of carboxylic acid groups (broad SMARTS) is 1. The molecule has 3 aromatic rings. The number of anilines is 1. The minimum atomic E-state index is -1.13. The lowest BCUT2D eigenvalue weighted by Crippen LogP contribution is -2.46. The predicted molar refractivity (Wildman–Crippen MR) is 147 cm³/mol. The molecule has 5 rings (SSSR count). The Labute approximate surface area is 222 Å². The van der Waals surface area contributed by atoms with Crippen LogP contribution >= 0.6 is 0 Å². The van der Waals surface area contributed by atoms with Crippen molar-refractivity contribution in [2.45, 2.75) is 51.0 Å². The van der Waals surface area contributed by atoms with E-state index in [-0.39, 0.29) is 29.1 Å². The van der Waals surface area contributed by atoms with Crippen molar-refractivity contribution in [2.24, 2.45) is 5.92 Å². The van der Waals surface area contributed by atoms with Gasteiger partial charge in [-0.3, -0.25) is 4.79 Å². The van der Waals surface area contributed by atoms with E-state index in [9.17, 15) is 14.7 Å². The maximum Gasteiger partial charge on any atom is 0.339 e. The van der Waals surface area contributed by atoms with E-state index in [2.05, 4.69) is 11.9 Å². The van der Waals surface area contributed by atoms with Crippen LogP contribution in [0.15, 0.2) is 83.1 Å². The van der Waals surface area contributed by atoms with Gasteiger partial charge >= 0.3 is 5.97 Å². The summed E-state index contributed by atoms with van der Waals surface area (Å²) in [4.78, 5) is 27.6. The van der Waals surface area contributed by atoms with E-state index >= 15 is 0 Å². The first kappa shape index (κ1) is 25.8. The number of carbonyl (C=O) groups excluding carboxylic acids is 1. The van der Waals surface area contributed by atoms with E-state index in [1.807, 2.05) is 54.6 Å². The second kappa shape index (κ2) is 11.7. The highest BCUT2D eigenvalue weighted by atomic mass is 16.5. The third-order valence-corrected chi connectivity index (χ3v) is 7.56. The molecule has 1 aliphatic heterocycles. The number of ether oxygens (including phenoxy) is 1. The lowest BCUT2D eigenvalue weighted by Gasteiger charge is -2.38. The largest absolute Gasteiger partial charge is 0.478 e. The van der Waals surface area contributed by atoms with Gasteiger partial charge in [0.15, 0.2) is 0 Å². The minimum absolute atomic E-state index is 0.0102. The zero-order valence-corrected chi connectivity index (χ0v) is 21.5. The lowest BCUT2D eigenvalue weighted by atomic mass is 9.87. The van der Waals surface area contributed by atoms with Crippen molar-refractivity contribution >= 4 is 28.5 Å². The quantitative estimate of drug-likeness (QED) is 0.261. The Morgan fingerprint density at radius 3 is 2.37 bits per heavy atom. The average molecular weight is 515 g/mol. The Hall–Kier alpha value is -3.84. The predicted octanol–water partition coefficient (Wildman–Crippen LogP) is 6.58. The fourth-order valence-corrected chi connectivity index (χ4v) is 5.43. The van der Waals surface area contributed by atoms with Crippen molar-refractivity contribution in [1.29, 1.82) is 0 Å². The van der Waals surface area contributed by atoms with E-state index in [1.165, 1.54) is 6.20 Å². The first-order valence-electron chi connectivity index (χ1n) is 13.4. The Balaban J connectivity index is 1.35. The highest BCUT2D eigenvalue weighted by Gasteiger charge is 2.35. The minimum Gasteiger partial charge on any atom is -0.478 e. The molecule has 0 unspecified atom stereocenters. The highest BCUT2D eigenvalue weighted by molar-refractivity contribution is 5.94. The summed E-state index contributed by atoms with van der Waals surface area (Å²) in [5.74, 6) is -0.461. The summed E-state index contributed by atoms with van der Waals surface area (Å²) in [5.41, 5.74) is 2.66. The maximum absolute atomic E-state index is 13.7. The van der Waals surface area contributed by atoms with Gasteiger partial charge in [-0.15, -0.1) is 0 Å². The first-order chi connectivity index (χ1) is 18.5. The number of nitrogens with zero attached hydrogens (tertiary/aromatic N) is 1. The molecule has 2 aliphatic rings. The topological polar surface area (TPSA) is 92.0 Å². The van der Waals surface area contributed by atoms with E-state index in [0.717, 1.165) is 54.4 Å². The van der Waals surface area contributed by atoms with Gasteiger partial charge in [-0.2, -0.15) is 0 Å². The number of benzene rings is 2. The van der Waals surface area contributed by atoms with Gasteiger partial charge in [-0.05, 0) is 62.1 Å². The number of aliphatic carboxylic acids is 1. The van der Waals surface area contributed by atoms with Gasteiger partial charge in [0, 0.05) is 48.0 Å². The number of furan rings is 1. The summed E-state index contributed by atoms with van der Waals surface area (Å²) < 4.78 is 11.5. The molecular weight excluding hydrogens is 480 g/mol. The zero-order chi connectivity index (χ0) is 26.5. The Kier molecular flexibility index (Phi) is 7.94. The Morgan fingerprint density at radius 1 is 0.974 bits per heavy atom. The number of hydrogen-bond donors (Lipinski definition) is 2. The Morgan fingerprint density at radius 2 is 1.68 bits per heavy atom. The second-order valence-corrected chi connectivity index (χ2v) is 10.1. The number of para-hydroxylation sites is 1. The van der Waals surface area contributed by atoms with Gasteiger partial charge in [-0.25, -0.2) is 4.79 Å². The monoisotopic (exact) mass is 514 g/mol. The lowest BCUT2D eigenvalue weighted by molar-refractivity contribution is -0.138. The molecule has 2 fully saturated rings. The molecule has 1 saturated heterocycles. The number of nitrogens with one attached hydrogen (secondary N) is 1. The van der Waals surface area contributed by atoms with Crippen LogP contribution in [-0.2, 0) is 14.3 Å². The van der Waals surface area contributed by atoms with Gasteiger partial charge in [0.25, 0.3) is 0 Å². The first-order valence-corrected chi connectivity index (χ1v) is 13.4. The smallest absolute Gasteiger partial charge is 0.339 e. The molecule has 1 saturated carbocycles. The molecular formula is C31H34N2O5. The molecule has 198 valence electrons. The molecule has 2 aromatic carbocycles. The summed E-state index contributed by atoms with van der Waals surface area (Å²) in [6.45, 7) is 5.22. The van der Waals surface area contributed by atoms with Crippen molar-refractivity contribution in [3.05, 3.63) is 78.6 Å². The van der Waals surface area contributed by atoms with Crippen molar-refractivity contribution < 1.29 is 23.8 Å². The molecule has 2 N–H and O–H groups in total. The van der Waals surface area contributed by atoms with Gasteiger partial charge in [0.05, 0.1) is 11.3 Å². The summed E-state index contributed by atoms with van der Waals surface area (Å²) in [7, 11) is 0. The zero-order valence-electron chi connectivity index (χ0n) is 21.5. The number of amides is 1. The highest BCUT2D eigenvalue weighted by Crippen LogP contribution is 2.32. The molecule has 2 heterocycles. The number of fused-ring (bicyclic) bond motifs is 1. The second-order valence-electron chi connectivity index (χ2n) is 10.1. The third-order valence-electron chi connectivity index (χ3n) is 7.56. The van der Waals surface area contributed by atoms with Crippen LogP contribution in [0.25, 0.3) is 22.3 Å². The summed E-state index contributed by atoms with van der Waals surface area (Å²) >= 11 is 0. The van der Waals surface area contributed by atoms with Crippen LogP contribution in [0.1, 0.15) is 44.9 Å². The summed E-state index contributed by atoms with van der Waals surface area (Å²) in [5, 5.41) is 14.2. The molecule has 1 aromatic heterocycles. The van der Waals surface area contributed by atoms with Gasteiger partial charge in [0.2, 0.25) is 5.91 Å². The molecule has 1 aliphatic carbocycles. The van der Waals surface area contributed by atoms with Crippen LogP contribution in [0.5, 0.6) is 0 Å². The van der Waals surface area contributed by atoms with E-state index < -0.39 is 5.97 Å². The van der Waals surface area contributed by atoms with Crippen LogP contribution in [0.3, 0.4) is 0 Å². The van der Waals surface area contributed by atoms with E-state index in [4.69, 9.17) is 9.15 Å². The van der Waals surface area contributed by atoms with Crippen LogP contribution in [0, 0.1) is 5.92 Å². The van der Waals surface area contributed by atoms with Crippen LogP contribution < -0.4 is 5.32 Å². The molecule has 0 atom stereocenters. The van der Waals surface area contributed by atoms with Gasteiger partial charge < -0.3 is 24.5 Å². The molecule has 7 nitrogen and oxygen atoms in total. The summed E-state index contributed by atoms with van der Waals surface area (Å²) in [6, 6.07) is 17.3. The summed E-state index contributed by atoms with van der Waals surface area (Å²) in [6.07, 6.45) is 7.64.